The van der Waals surface area contributed by atoms with E-state index in [0.717, 1.165) is 51.7 Å². The van der Waals surface area contributed by atoms with Gasteiger partial charge in [-0.15, -0.1) is 10.2 Å². The molecular formula is C25H27N5O2S. The molecule has 0 radical (unpaired) electrons. The number of ether oxygens (including phenoxy) is 1. The van der Waals surface area contributed by atoms with Crippen molar-refractivity contribution < 1.29 is 9.53 Å². The predicted octanol–water partition coefficient (Wildman–Crippen LogP) is 4.74. The molecule has 1 aliphatic rings. The monoisotopic (exact) mass is 461 g/mol. The number of thioether (sulfide) groups is 1. The summed E-state index contributed by atoms with van der Waals surface area (Å²) in [4.78, 5) is 17.6. The molecule has 5 rings (SSSR count). The number of amides is 1. The second kappa shape index (κ2) is 9.79. The molecule has 2 aromatic heterocycles. The van der Waals surface area contributed by atoms with E-state index in [2.05, 4.69) is 19.9 Å². The Balaban J connectivity index is 1.35. The Hall–Kier alpha value is -3.13. The van der Waals surface area contributed by atoms with E-state index in [-0.39, 0.29) is 11.7 Å². The molecule has 0 bridgehead atoms. The summed E-state index contributed by atoms with van der Waals surface area (Å²) in [5.74, 6) is 2.45. The van der Waals surface area contributed by atoms with Gasteiger partial charge < -0.3 is 10.1 Å². The van der Waals surface area contributed by atoms with Crippen LogP contribution in [0, 0.1) is 0 Å². The fourth-order valence-corrected chi connectivity index (χ4v) is 5.21. The topological polar surface area (TPSA) is 81.4 Å². The smallest absolute Gasteiger partial charge is 0.230 e. The average molecular weight is 462 g/mol. The van der Waals surface area contributed by atoms with Gasteiger partial charge in [0.1, 0.15) is 11.6 Å². The molecule has 1 N–H and O–H groups in total. The number of carbonyl (C=O) groups excluding carboxylic acids is 1. The van der Waals surface area contributed by atoms with Crippen molar-refractivity contribution in [2.75, 3.05) is 12.9 Å². The highest BCUT2D eigenvalue weighted by atomic mass is 32.2. The Morgan fingerprint density at radius 3 is 2.67 bits per heavy atom. The van der Waals surface area contributed by atoms with Gasteiger partial charge in [-0.3, -0.25) is 9.20 Å². The number of carbonyl (C=O) groups is 1. The predicted molar refractivity (Wildman–Crippen MR) is 130 cm³/mol. The lowest BCUT2D eigenvalue weighted by atomic mass is 9.88. The van der Waals surface area contributed by atoms with Crippen molar-refractivity contribution in [2.24, 2.45) is 0 Å². The minimum absolute atomic E-state index is 0.0412. The van der Waals surface area contributed by atoms with Crippen molar-refractivity contribution in [1.29, 1.82) is 0 Å². The maximum Gasteiger partial charge on any atom is 0.230 e. The van der Waals surface area contributed by atoms with Crippen LogP contribution in [0.2, 0.25) is 0 Å². The van der Waals surface area contributed by atoms with Crippen molar-refractivity contribution in [3.8, 4) is 5.75 Å². The minimum atomic E-state index is -0.0412. The van der Waals surface area contributed by atoms with Gasteiger partial charge in [0.15, 0.2) is 10.8 Å². The molecule has 0 atom stereocenters. The summed E-state index contributed by atoms with van der Waals surface area (Å²) in [6.45, 7) is 0.476. The van der Waals surface area contributed by atoms with Gasteiger partial charge in [-0.2, -0.15) is 0 Å². The fraction of sp³-hybridized carbons (Fsp3) is 0.360. The second-order valence-corrected chi connectivity index (χ2v) is 9.32. The van der Waals surface area contributed by atoms with E-state index in [9.17, 15) is 4.79 Å². The molecule has 4 aromatic rings. The van der Waals surface area contributed by atoms with E-state index in [1.807, 2.05) is 48.5 Å². The van der Waals surface area contributed by atoms with E-state index >= 15 is 0 Å². The molecule has 0 unspecified atom stereocenters. The number of aromatic nitrogens is 4. The summed E-state index contributed by atoms with van der Waals surface area (Å²) in [5, 5.41) is 13.6. The number of methoxy groups -OCH3 is 1. The molecule has 1 fully saturated rings. The summed E-state index contributed by atoms with van der Waals surface area (Å²) < 4.78 is 7.26. The first kappa shape index (κ1) is 21.7. The zero-order valence-corrected chi connectivity index (χ0v) is 19.5. The Labute approximate surface area is 197 Å². The van der Waals surface area contributed by atoms with Crippen molar-refractivity contribution in [1.82, 2.24) is 24.9 Å². The number of nitrogens with one attached hydrogen (secondary N) is 1. The lowest BCUT2D eigenvalue weighted by Gasteiger charge is -2.22. The van der Waals surface area contributed by atoms with Crippen molar-refractivity contribution >= 4 is 34.2 Å². The quantitative estimate of drug-likeness (QED) is 0.400. The van der Waals surface area contributed by atoms with E-state index in [1.54, 1.807) is 7.11 Å². The van der Waals surface area contributed by atoms with Gasteiger partial charge in [-0.1, -0.05) is 55.3 Å². The highest BCUT2D eigenvalue weighted by molar-refractivity contribution is 7.99. The summed E-state index contributed by atoms with van der Waals surface area (Å²) >= 11 is 1.41. The van der Waals surface area contributed by atoms with Gasteiger partial charge in [-0.05, 0) is 42.7 Å². The lowest BCUT2D eigenvalue weighted by molar-refractivity contribution is -0.118. The van der Waals surface area contributed by atoms with Crippen LogP contribution in [0.5, 0.6) is 5.75 Å². The first-order valence-corrected chi connectivity index (χ1v) is 12.4. The summed E-state index contributed by atoms with van der Waals surface area (Å²) in [6.07, 6.45) is 5.99. The van der Waals surface area contributed by atoms with Gasteiger partial charge >= 0.3 is 0 Å². The number of hydrogen-bond acceptors (Lipinski definition) is 6. The van der Waals surface area contributed by atoms with Crippen LogP contribution >= 0.6 is 11.8 Å². The molecule has 1 amide bonds. The Kier molecular flexibility index (Phi) is 6.44. The number of nitrogens with zero attached hydrogens (tertiary/aromatic N) is 4. The van der Waals surface area contributed by atoms with Crippen LogP contribution in [0.15, 0.2) is 53.7 Å². The fourth-order valence-electron chi connectivity index (χ4n) is 4.44. The maximum atomic E-state index is 12.5. The number of benzene rings is 2. The third-order valence-electron chi connectivity index (χ3n) is 6.19. The molecule has 7 nitrogen and oxygen atoms in total. The van der Waals surface area contributed by atoms with Crippen LogP contribution in [0.1, 0.15) is 49.4 Å². The molecule has 33 heavy (non-hydrogen) atoms. The molecule has 2 aromatic carbocycles. The number of para-hydroxylation sites is 1. The third-order valence-corrected chi connectivity index (χ3v) is 7.12. The third kappa shape index (κ3) is 4.66. The Bertz CT molecular complexity index is 1270. The molecule has 1 saturated carbocycles. The van der Waals surface area contributed by atoms with Gasteiger partial charge in [0.05, 0.1) is 18.4 Å². The summed E-state index contributed by atoms with van der Waals surface area (Å²) in [6, 6.07) is 15.8. The van der Waals surface area contributed by atoms with E-state index in [1.165, 1.54) is 31.0 Å². The van der Waals surface area contributed by atoms with E-state index in [0.29, 0.717) is 12.5 Å². The molecule has 8 heteroatoms. The van der Waals surface area contributed by atoms with Gasteiger partial charge in [0, 0.05) is 17.8 Å². The highest BCUT2D eigenvalue weighted by Gasteiger charge is 2.24. The van der Waals surface area contributed by atoms with Crippen LogP contribution in [0.4, 0.5) is 0 Å². The van der Waals surface area contributed by atoms with Crippen molar-refractivity contribution in [3.63, 3.8) is 0 Å². The average Bonchev–Trinajstić information content (AvgIpc) is 3.31. The molecule has 0 aliphatic heterocycles. The maximum absolute atomic E-state index is 12.5. The zero-order chi connectivity index (χ0) is 22.6. The minimum Gasteiger partial charge on any atom is -0.497 e. The van der Waals surface area contributed by atoms with Crippen LogP contribution in [-0.2, 0) is 11.3 Å². The zero-order valence-electron chi connectivity index (χ0n) is 18.7. The number of rotatable bonds is 7. The molecule has 1 aliphatic carbocycles. The Morgan fingerprint density at radius 2 is 1.88 bits per heavy atom. The normalized spacial score (nSPS) is 14.6. The molecule has 2 heterocycles. The summed E-state index contributed by atoms with van der Waals surface area (Å²) in [7, 11) is 1.64. The lowest BCUT2D eigenvalue weighted by Crippen LogP contribution is -2.24. The largest absolute Gasteiger partial charge is 0.497 e. The van der Waals surface area contributed by atoms with Gasteiger partial charge in [0.25, 0.3) is 0 Å². The van der Waals surface area contributed by atoms with Crippen LogP contribution in [-0.4, -0.2) is 38.4 Å². The number of hydrogen-bond donors (Lipinski definition) is 1. The van der Waals surface area contributed by atoms with E-state index in [4.69, 9.17) is 9.72 Å². The van der Waals surface area contributed by atoms with Crippen LogP contribution < -0.4 is 10.1 Å². The van der Waals surface area contributed by atoms with E-state index < -0.39 is 0 Å². The molecular weight excluding hydrogens is 434 g/mol. The van der Waals surface area contributed by atoms with Crippen LogP contribution in [0.3, 0.4) is 0 Å². The standard InChI is InChI=1S/C25H27N5O2S/c1-32-19-13-11-17(12-14-19)15-26-22(31)16-33-25-29-28-24-20-9-5-6-10-21(20)27-23(30(24)25)18-7-3-2-4-8-18/h5-6,9-14,18H,2-4,7-8,15-16H2,1H3,(H,26,31). The first-order chi connectivity index (χ1) is 16.2. The molecule has 0 spiro atoms. The SMILES string of the molecule is COc1ccc(CNC(=O)CSc2nnc3c4ccccc4nc(C4CCCCC4)n23)cc1. The van der Waals surface area contributed by atoms with Gasteiger partial charge in [0.2, 0.25) is 5.91 Å². The number of fused-ring (bicyclic) bond motifs is 3. The molecule has 0 saturated heterocycles. The van der Waals surface area contributed by atoms with Gasteiger partial charge in [-0.25, -0.2) is 4.98 Å². The highest BCUT2D eigenvalue weighted by Crippen LogP contribution is 2.35. The van der Waals surface area contributed by atoms with Crippen LogP contribution in [0.25, 0.3) is 16.6 Å². The molecule has 170 valence electrons. The first-order valence-electron chi connectivity index (χ1n) is 11.4. The Morgan fingerprint density at radius 1 is 1.09 bits per heavy atom. The summed E-state index contributed by atoms with van der Waals surface area (Å²) in [5.41, 5.74) is 2.80. The van der Waals surface area contributed by atoms with Crippen molar-refractivity contribution in [3.05, 3.63) is 59.9 Å². The van der Waals surface area contributed by atoms with Crippen molar-refractivity contribution in [2.45, 2.75) is 49.7 Å². The second-order valence-electron chi connectivity index (χ2n) is 8.38.